The molecule has 6 rings (SSSR count). The number of hydrogen-bond acceptors (Lipinski definition) is 6. The molecule has 0 radical (unpaired) electrons. The van der Waals surface area contributed by atoms with Crippen molar-refractivity contribution in [1.82, 2.24) is 19.8 Å². The molecule has 2 aromatic carbocycles. The van der Waals surface area contributed by atoms with Crippen LogP contribution < -0.4 is 0 Å². The molecule has 8 nitrogen and oxygen atoms in total. The normalized spacial score (nSPS) is 14.4. The van der Waals surface area contributed by atoms with Gasteiger partial charge in [0.05, 0.1) is 46.7 Å². The van der Waals surface area contributed by atoms with Gasteiger partial charge in [-0.2, -0.15) is 0 Å². The van der Waals surface area contributed by atoms with Crippen LogP contribution >= 0.6 is 0 Å². The van der Waals surface area contributed by atoms with Gasteiger partial charge >= 0.3 is 0 Å². The second kappa shape index (κ2) is 8.35. The summed E-state index contributed by atoms with van der Waals surface area (Å²) in [6, 6.07) is 20.7. The van der Waals surface area contributed by atoms with Gasteiger partial charge in [0.25, 0.3) is 23.6 Å². The molecule has 2 aliphatic rings. The first-order chi connectivity index (χ1) is 17.5. The van der Waals surface area contributed by atoms with E-state index in [-0.39, 0.29) is 24.9 Å². The van der Waals surface area contributed by atoms with Gasteiger partial charge in [-0.3, -0.25) is 38.9 Å². The maximum Gasteiger partial charge on any atom is 0.261 e. The number of aromatic nitrogens is 2. The minimum atomic E-state index is -0.392. The van der Waals surface area contributed by atoms with Gasteiger partial charge in [0.15, 0.2) is 0 Å². The van der Waals surface area contributed by atoms with E-state index in [9.17, 15) is 19.2 Å². The molecule has 36 heavy (non-hydrogen) atoms. The third kappa shape index (κ3) is 3.47. The van der Waals surface area contributed by atoms with Crippen molar-refractivity contribution < 1.29 is 19.2 Å². The van der Waals surface area contributed by atoms with Crippen molar-refractivity contribution in [2.75, 3.05) is 0 Å². The molecule has 0 saturated carbocycles. The molecule has 0 spiro atoms. The summed E-state index contributed by atoms with van der Waals surface area (Å²) < 4.78 is 0. The second-order valence-electron chi connectivity index (χ2n) is 8.56. The maximum absolute atomic E-state index is 13.1. The van der Waals surface area contributed by atoms with Gasteiger partial charge in [-0.05, 0) is 59.7 Å². The predicted octanol–water partition coefficient (Wildman–Crippen LogP) is 3.74. The number of pyridine rings is 2. The van der Waals surface area contributed by atoms with E-state index in [0.717, 1.165) is 0 Å². The highest BCUT2D eigenvalue weighted by Crippen LogP contribution is 2.32. The number of rotatable bonds is 5. The lowest BCUT2D eigenvalue weighted by atomic mass is 9.97. The fourth-order valence-corrected chi connectivity index (χ4v) is 4.54. The van der Waals surface area contributed by atoms with Crippen LogP contribution in [0.15, 0.2) is 85.2 Å². The Morgan fingerprint density at radius 3 is 1.31 bits per heavy atom. The zero-order valence-electron chi connectivity index (χ0n) is 18.9. The third-order valence-corrected chi connectivity index (χ3v) is 6.37. The van der Waals surface area contributed by atoms with Crippen LogP contribution in [0.3, 0.4) is 0 Å². The molecule has 4 heterocycles. The molecule has 0 aliphatic carbocycles. The van der Waals surface area contributed by atoms with Crippen molar-refractivity contribution in [3.05, 3.63) is 119 Å². The van der Waals surface area contributed by atoms with Crippen molar-refractivity contribution in [3.63, 3.8) is 0 Å². The first kappa shape index (κ1) is 21.5. The number of nitrogens with zero attached hydrogens (tertiary/aromatic N) is 4. The molecule has 0 N–H and O–H groups in total. The fraction of sp³-hybridized carbons (Fsp3) is 0.0714. The Morgan fingerprint density at radius 1 is 0.500 bits per heavy atom. The van der Waals surface area contributed by atoms with Crippen LogP contribution in [-0.4, -0.2) is 43.4 Å². The maximum atomic E-state index is 13.1. The van der Waals surface area contributed by atoms with Gasteiger partial charge in [0, 0.05) is 12.4 Å². The summed E-state index contributed by atoms with van der Waals surface area (Å²) in [6.45, 7) is 0.175. The van der Waals surface area contributed by atoms with Crippen molar-refractivity contribution in [2.24, 2.45) is 0 Å². The summed E-state index contributed by atoms with van der Waals surface area (Å²) in [5.41, 5.74) is 3.82. The van der Waals surface area contributed by atoms with Crippen LogP contribution in [0.25, 0.3) is 11.1 Å². The largest absolute Gasteiger partial charge is 0.269 e. The Morgan fingerprint density at radius 2 is 0.917 bits per heavy atom. The van der Waals surface area contributed by atoms with Crippen LogP contribution in [0, 0.1) is 0 Å². The first-order valence-corrected chi connectivity index (χ1v) is 11.3. The topological polar surface area (TPSA) is 101 Å². The highest BCUT2D eigenvalue weighted by molar-refractivity contribution is 6.23. The Labute approximate surface area is 205 Å². The molecule has 4 amide bonds. The smallest absolute Gasteiger partial charge is 0.261 e. The average molecular weight is 474 g/mol. The molecule has 0 bridgehead atoms. The van der Waals surface area contributed by atoms with E-state index in [4.69, 9.17) is 0 Å². The Bertz CT molecular complexity index is 1450. The van der Waals surface area contributed by atoms with Gasteiger partial charge in [-0.1, -0.05) is 24.3 Å². The summed E-state index contributed by atoms with van der Waals surface area (Å²) in [6.07, 6.45) is 3.23. The highest BCUT2D eigenvalue weighted by atomic mass is 16.2. The molecule has 0 unspecified atom stereocenters. The fourth-order valence-electron chi connectivity index (χ4n) is 4.54. The molecule has 0 saturated heterocycles. The van der Waals surface area contributed by atoms with E-state index in [1.165, 1.54) is 9.80 Å². The van der Waals surface area contributed by atoms with E-state index in [1.54, 1.807) is 85.2 Å². The van der Waals surface area contributed by atoms with Crippen molar-refractivity contribution in [1.29, 1.82) is 0 Å². The summed E-state index contributed by atoms with van der Waals surface area (Å²) in [4.78, 5) is 62.6. The van der Waals surface area contributed by atoms with E-state index in [1.807, 2.05) is 0 Å². The molecular formula is C28H18N4O4. The Balaban J connectivity index is 1.29. The standard InChI is InChI=1S/C28H18N4O4/c33-25-21-9-7-17(13-23(21)27(35)31(25)15-19-5-1-3-11-29-19)18-8-10-22-24(14-18)28(36)32(26(22)34)16-20-6-2-4-12-30-20/h1-14H,15-16H2. The highest BCUT2D eigenvalue weighted by Gasteiger charge is 2.37. The lowest BCUT2D eigenvalue weighted by molar-refractivity contribution is 0.0625. The molecular weight excluding hydrogens is 456 g/mol. The van der Waals surface area contributed by atoms with Crippen LogP contribution in [0.5, 0.6) is 0 Å². The summed E-state index contributed by atoms with van der Waals surface area (Å²) in [5, 5.41) is 0. The van der Waals surface area contributed by atoms with Gasteiger partial charge in [0.1, 0.15) is 0 Å². The third-order valence-electron chi connectivity index (χ3n) is 6.37. The Hall–Kier alpha value is -4.98. The number of carbonyl (C=O) groups is 4. The summed E-state index contributed by atoms with van der Waals surface area (Å²) >= 11 is 0. The molecule has 8 heteroatoms. The lowest BCUT2D eigenvalue weighted by Crippen LogP contribution is -2.29. The second-order valence-corrected chi connectivity index (χ2v) is 8.56. The first-order valence-electron chi connectivity index (χ1n) is 11.3. The number of fused-ring (bicyclic) bond motifs is 2. The SMILES string of the molecule is O=C1c2ccc(-c3ccc4c(c3)C(=O)N(Cc3ccccn3)C4=O)cc2C(=O)N1Cc1ccccn1. The predicted molar refractivity (Wildman–Crippen MR) is 129 cm³/mol. The number of benzene rings is 2. The van der Waals surface area contributed by atoms with Gasteiger partial charge in [-0.25, -0.2) is 0 Å². The molecule has 2 aliphatic heterocycles. The average Bonchev–Trinajstić information content (AvgIpc) is 3.29. The number of hydrogen-bond donors (Lipinski definition) is 0. The van der Waals surface area contributed by atoms with E-state index < -0.39 is 11.8 Å². The molecule has 0 fully saturated rings. The minimum absolute atomic E-state index is 0.0874. The summed E-state index contributed by atoms with van der Waals surface area (Å²) in [5.74, 6) is -1.52. The molecule has 4 aromatic rings. The number of amides is 4. The molecule has 174 valence electrons. The summed E-state index contributed by atoms with van der Waals surface area (Å²) in [7, 11) is 0. The van der Waals surface area contributed by atoms with Crippen molar-refractivity contribution in [3.8, 4) is 11.1 Å². The number of carbonyl (C=O) groups excluding carboxylic acids is 4. The zero-order valence-corrected chi connectivity index (χ0v) is 18.9. The van der Waals surface area contributed by atoms with Crippen LogP contribution in [0.1, 0.15) is 52.8 Å². The van der Waals surface area contributed by atoms with Crippen molar-refractivity contribution >= 4 is 23.6 Å². The van der Waals surface area contributed by atoms with Crippen LogP contribution in [0.4, 0.5) is 0 Å². The molecule has 2 aromatic heterocycles. The van der Waals surface area contributed by atoms with Crippen LogP contribution in [0.2, 0.25) is 0 Å². The minimum Gasteiger partial charge on any atom is -0.269 e. The quantitative estimate of drug-likeness (QED) is 0.409. The van der Waals surface area contributed by atoms with E-state index in [2.05, 4.69) is 9.97 Å². The zero-order chi connectivity index (χ0) is 24.8. The van der Waals surface area contributed by atoms with Gasteiger partial charge in [-0.15, -0.1) is 0 Å². The van der Waals surface area contributed by atoms with Gasteiger partial charge in [0.2, 0.25) is 0 Å². The Kier molecular flexibility index (Phi) is 5.00. The van der Waals surface area contributed by atoms with Gasteiger partial charge < -0.3 is 0 Å². The number of imide groups is 2. The molecule has 0 atom stereocenters. The monoisotopic (exact) mass is 474 g/mol. The van der Waals surface area contributed by atoms with Crippen molar-refractivity contribution in [2.45, 2.75) is 13.1 Å². The van der Waals surface area contributed by atoms with E-state index >= 15 is 0 Å². The van der Waals surface area contributed by atoms with E-state index in [0.29, 0.717) is 44.8 Å². The van der Waals surface area contributed by atoms with Crippen LogP contribution in [-0.2, 0) is 13.1 Å². The lowest BCUT2D eigenvalue weighted by Gasteiger charge is -2.12.